The molecule has 1 amide bonds. The van der Waals surface area contributed by atoms with Crippen LogP contribution in [-0.2, 0) is 4.79 Å². The molecule has 0 aliphatic carbocycles. The van der Waals surface area contributed by atoms with Gasteiger partial charge in [0, 0.05) is 12.6 Å². The Bertz CT molecular complexity index is 398. The molecule has 14 heavy (non-hydrogen) atoms. The molecule has 1 aromatic rings. The molecule has 0 aromatic heterocycles. The highest BCUT2D eigenvalue weighted by Crippen LogP contribution is 2.16. The van der Waals surface area contributed by atoms with Gasteiger partial charge in [0.15, 0.2) is 5.69 Å². The fourth-order valence-corrected chi connectivity index (χ4v) is 1.02. The van der Waals surface area contributed by atoms with Crippen molar-refractivity contribution in [2.24, 2.45) is 0 Å². The maximum atomic E-state index is 10.7. The molecule has 0 fully saturated rings. The molecule has 1 aromatic carbocycles. The quantitative estimate of drug-likeness (QED) is 0.706. The summed E-state index contributed by atoms with van der Waals surface area (Å²) in [7, 11) is 0. The van der Waals surface area contributed by atoms with Crippen molar-refractivity contribution in [2.45, 2.75) is 6.92 Å². The molecule has 0 aliphatic heterocycles. The minimum absolute atomic E-state index is 0.149. The number of carbonyl (C=O) groups is 1. The van der Waals surface area contributed by atoms with E-state index in [0.717, 1.165) is 5.56 Å². The maximum Gasteiger partial charge on any atom is 0.221 e. The van der Waals surface area contributed by atoms with E-state index in [1.54, 1.807) is 24.3 Å². The molecule has 0 saturated heterocycles. The Morgan fingerprint density at radius 2 is 2.00 bits per heavy atom. The van der Waals surface area contributed by atoms with Crippen LogP contribution in [0.3, 0.4) is 0 Å². The monoisotopic (exact) mass is 186 g/mol. The molecule has 3 nitrogen and oxygen atoms in total. The Hall–Kier alpha value is -2.08. The number of hydrogen-bond donors (Lipinski definition) is 1. The molecule has 70 valence electrons. The second kappa shape index (κ2) is 4.24. The summed E-state index contributed by atoms with van der Waals surface area (Å²) in [5.74, 6) is -0.149. The molecule has 1 N–H and O–H groups in total. The third kappa shape index (κ3) is 2.46. The van der Waals surface area contributed by atoms with Gasteiger partial charge >= 0.3 is 0 Å². The number of nitrogens with zero attached hydrogens (tertiary/aromatic N) is 1. The summed E-state index contributed by atoms with van der Waals surface area (Å²) in [6, 6.07) is 6.89. The van der Waals surface area contributed by atoms with E-state index in [0.29, 0.717) is 11.4 Å². The van der Waals surface area contributed by atoms with Crippen molar-refractivity contribution >= 4 is 17.3 Å². The van der Waals surface area contributed by atoms with Gasteiger partial charge in [-0.1, -0.05) is 30.8 Å². The van der Waals surface area contributed by atoms with Crippen molar-refractivity contribution in [1.29, 1.82) is 0 Å². The molecular formula is C11H10N2O. The summed E-state index contributed by atoms with van der Waals surface area (Å²) >= 11 is 0. The average molecular weight is 186 g/mol. The van der Waals surface area contributed by atoms with Crippen LogP contribution < -0.4 is 5.32 Å². The van der Waals surface area contributed by atoms with Gasteiger partial charge in [0.05, 0.1) is 6.57 Å². The third-order valence-corrected chi connectivity index (χ3v) is 1.67. The average Bonchev–Trinajstić information content (AvgIpc) is 2.17. The first kappa shape index (κ1) is 10.0. The molecule has 0 bridgehead atoms. The van der Waals surface area contributed by atoms with Crippen LogP contribution in [0.15, 0.2) is 30.8 Å². The van der Waals surface area contributed by atoms with Crippen LogP contribution in [0.5, 0.6) is 0 Å². The second-order valence-electron chi connectivity index (χ2n) is 2.82. The van der Waals surface area contributed by atoms with Crippen molar-refractivity contribution in [1.82, 2.24) is 5.32 Å². The molecular weight excluding hydrogens is 176 g/mol. The zero-order valence-electron chi connectivity index (χ0n) is 7.87. The van der Waals surface area contributed by atoms with Gasteiger partial charge in [-0.15, -0.1) is 0 Å². The number of benzene rings is 1. The summed E-state index contributed by atoms with van der Waals surface area (Å²) in [6.07, 6.45) is 0. The first-order valence-corrected chi connectivity index (χ1v) is 4.08. The van der Waals surface area contributed by atoms with Crippen LogP contribution >= 0.6 is 0 Å². The number of nitrogens with one attached hydrogen (secondary N) is 1. The van der Waals surface area contributed by atoms with E-state index in [-0.39, 0.29) is 5.91 Å². The van der Waals surface area contributed by atoms with Crippen LogP contribution in [0.25, 0.3) is 10.5 Å². The Morgan fingerprint density at radius 1 is 1.43 bits per heavy atom. The van der Waals surface area contributed by atoms with Crippen LogP contribution in [-0.4, -0.2) is 5.91 Å². The summed E-state index contributed by atoms with van der Waals surface area (Å²) in [4.78, 5) is 14.0. The summed E-state index contributed by atoms with van der Waals surface area (Å²) in [5, 5.41) is 2.59. The lowest BCUT2D eigenvalue weighted by Crippen LogP contribution is -2.16. The van der Waals surface area contributed by atoms with Gasteiger partial charge in [0.1, 0.15) is 0 Å². The number of carbonyl (C=O) groups excluding carboxylic acids is 1. The summed E-state index contributed by atoms with van der Waals surface area (Å²) in [6.45, 7) is 11.9. The van der Waals surface area contributed by atoms with Crippen molar-refractivity contribution in [3.8, 4) is 0 Å². The minimum Gasteiger partial charge on any atom is -0.326 e. The predicted octanol–water partition coefficient (Wildman–Crippen LogP) is 2.34. The van der Waals surface area contributed by atoms with E-state index in [9.17, 15) is 4.79 Å². The lowest BCUT2D eigenvalue weighted by molar-refractivity contribution is -0.117. The SMILES string of the molecule is [C-]#[N+]c1ccc(C(=C)NC(C)=O)cc1. The Labute approximate surface area is 82.9 Å². The molecule has 3 heteroatoms. The van der Waals surface area contributed by atoms with Gasteiger partial charge in [0.2, 0.25) is 5.91 Å². The second-order valence-corrected chi connectivity index (χ2v) is 2.82. The van der Waals surface area contributed by atoms with Crippen molar-refractivity contribution in [2.75, 3.05) is 0 Å². The first-order chi connectivity index (χ1) is 6.63. The highest BCUT2D eigenvalue weighted by molar-refractivity contribution is 5.84. The zero-order valence-corrected chi connectivity index (χ0v) is 7.87. The van der Waals surface area contributed by atoms with Crippen molar-refractivity contribution in [3.05, 3.63) is 47.8 Å². The van der Waals surface area contributed by atoms with Crippen molar-refractivity contribution < 1.29 is 4.79 Å². The fraction of sp³-hybridized carbons (Fsp3) is 0.0909. The number of amides is 1. The van der Waals surface area contributed by atoms with E-state index in [1.807, 2.05) is 0 Å². The summed E-state index contributed by atoms with van der Waals surface area (Å²) < 4.78 is 0. The lowest BCUT2D eigenvalue weighted by Gasteiger charge is -2.05. The molecule has 0 unspecified atom stereocenters. The predicted molar refractivity (Wildman–Crippen MR) is 55.6 cm³/mol. The molecule has 1 rings (SSSR count). The van der Waals surface area contributed by atoms with Crippen LogP contribution in [0.1, 0.15) is 12.5 Å². The van der Waals surface area contributed by atoms with E-state index in [1.165, 1.54) is 6.92 Å². The van der Waals surface area contributed by atoms with Gasteiger partial charge in [0.25, 0.3) is 0 Å². The Balaban J connectivity index is 2.83. The Kier molecular flexibility index (Phi) is 3.03. The Morgan fingerprint density at radius 3 is 2.43 bits per heavy atom. The van der Waals surface area contributed by atoms with Gasteiger partial charge in [-0.05, 0) is 5.56 Å². The highest BCUT2D eigenvalue weighted by Gasteiger charge is 1.99. The normalized spacial score (nSPS) is 8.86. The smallest absolute Gasteiger partial charge is 0.221 e. The lowest BCUT2D eigenvalue weighted by atomic mass is 10.1. The molecule has 0 atom stereocenters. The largest absolute Gasteiger partial charge is 0.326 e. The van der Waals surface area contributed by atoms with E-state index < -0.39 is 0 Å². The van der Waals surface area contributed by atoms with Gasteiger partial charge in [-0.3, -0.25) is 4.79 Å². The van der Waals surface area contributed by atoms with Crippen LogP contribution in [0.2, 0.25) is 0 Å². The maximum absolute atomic E-state index is 10.7. The highest BCUT2D eigenvalue weighted by atomic mass is 16.1. The zero-order chi connectivity index (χ0) is 10.6. The fourth-order valence-electron chi connectivity index (χ4n) is 1.02. The van der Waals surface area contributed by atoms with Crippen LogP contribution in [0.4, 0.5) is 5.69 Å². The van der Waals surface area contributed by atoms with E-state index >= 15 is 0 Å². The first-order valence-electron chi connectivity index (χ1n) is 4.08. The molecule has 0 aliphatic rings. The topological polar surface area (TPSA) is 33.5 Å². The van der Waals surface area contributed by atoms with E-state index in [4.69, 9.17) is 6.57 Å². The van der Waals surface area contributed by atoms with Gasteiger partial charge in [-0.2, -0.15) is 0 Å². The van der Waals surface area contributed by atoms with Gasteiger partial charge in [-0.25, -0.2) is 4.85 Å². The molecule has 0 radical (unpaired) electrons. The molecule has 0 heterocycles. The number of rotatable bonds is 2. The van der Waals surface area contributed by atoms with E-state index in [2.05, 4.69) is 16.7 Å². The van der Waals surface area contributed by atoms with Gasteiger partial charge < -0.3 is 5.32 Å². The van der Waals surface area contributed by atoms with Crippen molar-refractivity contribution in [3.63, 3.8) is 0 Å². The number of hydrogen-bond acceptors (Lipinski definition) is 1. The van der Waals surface area contributed by atoms with Crippen LogP contribution in [0, 0.1) is 6.57 Å². The third-order valence-electron chi connectivity index (χ3n) is 1.67. The molecule has 0 spiro atoms. The molecule has 0 saturated carbocycles. The minimum atomic E-state index is -0.149. The summed E-state index contributed by atoms with van der Waals surface area (Å²) in [5.41, 5.74) is 1.94. The standard InChI is InChI=1S/C11H10N2O/c1-8(13-9(2)14)10-4-6-11(12-3)7-5-10/h4-7H,1H2,2H3,(H,13,14).